The van der Waals surface area contributed by atoms with E-state index < -0.39 is 16.8 Å². The van der Waals surface area contributed by atoms with Gasteiger partial charge in [-0.2, -0.15) is 0 Å². The lowest BCUT2D eigenvalue weighted by Crippen LogP contribution is -2.53. The van der Waals surface area contributed by atoms with Gasteiger partial charge in [0.05, 0.1) is 0 Å². The van der Waals surface area contributed by atoms with E-state index in [9.17, 15) is 13.2 Å². The molecule has 0 spiro atoms. The van der Waals surface area contributed by atoms with Gasteiger partial charge in [-0.25, -0.2) is 17.7 Å². The van der Waals surface area contributed by atoms with E-state index in [0.717, 1.165) is 61.9 Å². The molecule has 3 aliphatic rings. The number of rotatable bonds is 7. The lowest BCUT2D eigenvalue weighted by molar-refractivity contribution is 0.106. The first-order chi connectivity index (χ1) is 14.9. The molecule has 2 aromatic carbocycles. The van der Waals surface area contributed by atoms with Crippen molar-refractivity contribution in [3.63, 3.8) is 0 Å². The summed E-state index contributed by atoms with van der Waals surface area (Å²) in [6.45, 7) is 2.12. The van der Waals surface area contributed by atoms with Crippen molar-refractivity contribution in [3.05, 3.63) is 70.3 Å². The first-order valence-electron chi connectivity index (χ1n) is 11.1. The maximum absolute atomic E-state index is 15.1. The van der Waals surface area contributed by atoms with Crippen molar-refractivity contribution in [1.29, 1.82) is 0 Å². The van der Waals surface area contributed by atoms with Crippen LogP contribution in [0.15, 0.2) is 36.4 Å². The number of fused-ring (bicyclic) bond motifs is 1. The van der Waals surface area contributed by atoms with Crippen molar-refractivity contribution in [3.8, 4) is 0 Å². The molecule has 2 aliphatic carbocycles. The Balaban J connectivity index is 1.47. The minimum absolute atomic E-state index is 0.189. The van der Waals surface area contributed by atoms with Crippen LogP contribution >= 0.6 is 0 Å². The Kier molecular flexibility index (Phi) is 5.71. The van der Waals surface area contributed by atoms with E-state index in [2.05, 4.69) is 9.62 Å². The normalized spacial score (nSPS) is 25.5. The molecule has 2 aromatic rings. The number of nitrogens with zero attached hydrogens (tertiary/aromatic N) is 1. The quantitative estimate of drug-likeness (QED) is 0.630. The predicted octanol–water partition coefficient (Wildman–Crippen LogP) is 4.11. The Labute approximate surface area is 184 Å². The summed E-state index contributed by atoms with van der Waals surface area (Å²) in [4.78, 5) is 2.46. The number of benzene rings is 2. The fourth-order valence-electron chi connectivity index (χ4n) is 5.60. The summed E-state index contributed by atoms with van der Waals surface area (Å²) in [5.74, 6) is -0.274. The number of hydrogen-bond donors (Lipinski definition) is 2. The summed E-state index contributed by atoms with van der Waals surface area (Å²) in [6.07, 6.45) is 5.62. The second kappa shape index (κ2) is 8.35. The van der Waals surface area contributed by atoms with Crippen LogP contribution in [0.3, 0.4) is 0 Å². The molecular formula is C24H28F2N2O2S. The van der Waals surface area contributed by atoms with Gasteiger partial charge in [-0.3, -0.25) is 9.45 Å². The van der Waals surface area contributed by atoms with Gasteiger partial charge in [-0.05, 0) is 98.5 Å². The largest absolute Gasteiger partial charge is 0.299 e. The maximum Gasteiger partial charge on any atom is 0.232 e. The topological polar surface area (TPSA) is 52.6 Å². The highest BCUT2D eigenvalue weighted by molar-refractivity contribution is 7.77. The molecule has 3 atom stereocenters. The minimum Gasteiger partial charge on any atom is -0.299 e. The van der Waals surface area contributed by atoms with Crippen LogP contribution in [0.1, 0.15) is 53.9 Å². The van der Waals surface area contributed by atoms with Crippen LogP contribution in [0.4, 0.5) is 8.78 Å². The summed E-state index contributed by atoms with van der Waals surface area (Å²) >= 11 is -2.12. The number of likely N-dealkylation sites (tertiary alicyclic amines) is 1. The average molecular weight is 447 g/mol. The van der Waals surface area contributed by atoms with E-state index in [-0.39, 0.29) is 17.6 Å². The number of nitrogens with one attached hydrogen (secondary N) is 1. The zero-order valence-electron chi connectivity index (χ0n) is 17.4. The van der Waals surface area contributed by atoms with Gasteiger partial charge in [-0.15, -0.1) is 0 Å². The van der Waals surface area contributed by atoms with Crippen molar-refractivity contribution in [2.24, 2.45) is 0 Å². The van der Waals surface area contributed by atoms with Gasteiger partial charge in [0.15, 0.2) is 0 Å². The summed E-state index contributed by atoms with van der Waals surface area (Å²) < 4.78 is 52.4. The Morgan fingerprint density at radius 3 is 2.58 bits per heavy atom. The third kappa shape index (κ3) is 4.21. The molecule has 166 valence electrons. The third-order valence-electron chi connectivity index (χ3n) is 7.45. The molecule has 4 nitrogen and oxygen atoms in total. The Bertz CT molecular complexity index is 1010. The maximum atomic E-state index is 15.1. The first kappa shape index (κ1) is 21.2. The van der Waals surface area contributed by atoms with E-state index in [1.165, 1.54) is 12.5 Å². The van der Waals surface area contributed by atoms with Crippen LogP contribution < -0.4 is 4.72 Å². The van der Waals surface area contributed by atoms with Gasteiger partial charge in [0.25, 0.3) is 0 Å². The van der Waals surface area contributed by atoms with Crippen LogP contribution in [-0.2, 0) is 30.5 Å². The molecular weight excluding hydrogens is 418 g/mol. The lowest BCUT2D eigenvalue weighted by atomic mass is 9.73. The van der Waals surface area contributed by atoms with E-state index in [1.807, 2.05) is 12.1 Å². The molecule has 31 heavy (non-hydrogen) atoms. The third-order valence-corrected chi connectivity index (χ3v) is 8.06. The van der Waals surface area contributed by atoms with Gasteiger partial charge in [-0.1, -0.05) is 18.2 Å². The molecule has 0 amide bonds. The Hall–Kier alpha value is -1.67. The van der Waals surface area contributed by atoms with Gasteiger partial charge >= 0.3 is 0 Å². The second-order valence-electron chi connectivity index (χ2n) is 9.41. The number of halogens is 2. The summed E-state index contributed by atoms with van der Waals surface area (Å²) in [7, 11) is 0. The molecule has 1 aliphatic heterocycles. The highest BCUT2D eigenvalue weighted by Crippen LogP contribution is 2.43. The van der Waals surface area contributed by atoms with E-state index in [4.69, 9.17) is 0 Å². The molecule has 3 unspecified atom stereocenters. The van der Waals surface area contributed by atoms with E-state index >= 15 is 4.39 Å². The van der Waals surface area contributed by atoms with Crippen LogP contribution in [0.2, 0.25) is 0 Å². The lowest BCUT2D eigenvalue weighted by Gasteiger charge is -2.41. The zero-order chi connectivity index (χ0) is 21.6. The SMILES string of the molecule is O=S(O)NC1(Cc2cc3c(cc2F)CC(N2CCC2)C3Cc2cccc(F)c2)CCC1. The Morgan fingerprint density at radius 1 is 1.16 bits per heavy atom. The molecule has 0 bridgehead atoms. The van der Waals surface area contributed by atoms with Crippen molar-refractivity contribution in [1.82, 2.24) is 9.62 Å². The van der Waals surface area contributed by atoms with E-state index in [1.54, 1.807) is 18.2 Å². The molecule has 2 N–H and O–H groups in total. The highest BCUT2D eigenvalue weighted by atomic mass is 32.2. The van der Waals surface area contributed by atoms with Crippen LogP contribution in [0.5, 0.6) is 0 Å². The van der Waals surface area contributed by atoms with Gasteiger partial charge in [0.2, 0.25) is 11.3 Å². The Morgan fingerprint density at radius 2 is 1.97 bits per heavy atom. The summed E-state index contributed by atoms with van der Waals surface area (Å²) in [6, 6.07) is 10.7. The first-order valence-corrected chi connectivity index (χ1v) is 12.2. The molecule has 7 heteroatoms. The monoisotopic (exact) mass is 446 g/mol. The highest BCUT2D eigenvalue weighted by Gasteiger charge is 2.41. The molecule has 1 saturated carbocycles. The van der Waals surface area contributed by atoms with Crippen molar-refractivity contribution in [2.45, 2.75) is 62.4 Å². The van der Waals surface area contributed by atoms with Crippen molar-refractivity contribution >= 4 is 11.3 Å². The number of hydrogen-bond acceptors (Lipinski definition) is 2. The van der Waals surface area contributed by atoms with Gasteiger partial charge in [0, 0.05) is 17.5 Å². The minimum atomic E-state index is -2.12. The van der Waals surface area contributed by atoms with Crippen molar-refractivity contribution < 1.29 is 17.5 Å². The predicted molar refractivity (Wildman–Crippen MR) is 117 cm³/mol. The molecule has 0 aromatic heterocycles. The molecule has 1 saturated heterocycles. The summed E-state index contributed by atoms with van der Waals surface area (Å²) in [5.41, 5.74) is 3.24. The molecule has 0 radical (unpaired) electrons. The van der Waals surface area contributed by atoms with Crippen molar-refractivity contribution in [2.75, 3.05) is 13.1 Å². The van der Waals surface area contributed by atoms with Crippen LogP contribution in [-0.4, -0.2) is 38.3 Å². The molecule has 1 heterocycles. The zero-order valence-corrected chi connectivity index (χ0v) is 18.3. The fourth-order valence-corrected chi connectivity index (χ4v) is 6.25. The summed E-state index contributed by atoms with van der Waals surface area (Å²) in [5, 5.41) is 0. The smallest absolute Gasteiger partial charge is 0.232 e. The van der Waals surface area contributed by atoms with Gasteiger partial charge < -0.3 is 0 Å². The van der Waals surface area contributed by atoms with Gasteiger partial charge in [0.1, 0.15) is 11.6 Å². The fraction of sp³-hybridized carbons (Fsp3) is 0.500. The second-order valence-corrected chi connectivity index (χ2v) is 10.1. The molecule has 5 rings (SSSR count). The van der Waals surface area contributed by atoms with Crippen LogP contribution in [0, 0.1) is 11.6 Å². The average Bonchev–Trinajstić information content (AvgIpc) is 2.95. The van der Waals surface area contributed by atoms with Crippen LogP contribution in [0.25, 0.3) is 0 Å². The van der Waals surface area contributed by atoms with E-state index in [0.29, 0.717) is 18.0 Å². The standard InChI is InChI=1S/C24H28F2N2O2S/c25-19-5-1-4-16(10-19)11-21-20-12-18(15-24(6-2-7-24)27-31(29)30)22(26)13-17(20)14-23(21)28-8-3-9-28/h1,4-5,10,12-13,21,23,27H,2-3,6-9,11,14-15H2,(H,29,30). The molecule has 2 fully saturated rings.